The second kappa shape index (κ2) is 7.16. The number of hydrogen-bond donors (Lipinski definition) is 1. The van der Waals surface area contributed by atoms with Crippen LogP contribution in [-0.4, -0.2) is 25.7 Å². The fourth-order valence-corrected chi connectivity index (χ4v) is 0.834. The molecule has 1 saturated carbocycles. The van der Waals surface area contributed by atoms with Crippen molar-refractivity contribution in [1.29, 1.82) is 0 Å². The Morgan fingerprint density at radius 2 is 2.00 bits per heavy atom. The summed E-state index contributed by atoms with van der Waals surface area (Å²) in [5.74, 6) is 0. The monoisotopic (exact) mass is 228 g/mol. The second-order valence-electron chi connectivity index (χ2n) is 3.03. The van der Waals surface area contributed by atoms with Gasteiger partial charge in [-0.2, -0.15) is 7.05 Å². The smallest absolute Gasteiger partial charge is 0.664 e. The molecule has 0 aromatic rings. The van der Waals surface area contributed by atoms with E-state index in [1.165, 1.54) is 12.8 Å². The van der Waals surface area contributed by atoms with E-state index >= 15 is 0 Å². The van der Waals surface area contributed by atoms with Crippen molar-refractivity contribution in [3.8, 4) is 0 Å². The third-order valence-electron chi connectivity index (χ3n) is 1.89. The van der Waals surface area contributed by atoms with Crippen LogP contribution in [0.3, 0.4) is 0 Å². The molecule has 0 aromatic heterocycles. The summed E-state index contributed by atoms with van der Waals surface area (Å²) < 4.78 is 0. The Morgan fingerprint density at radius 3 is 2.36 bits per heavy atom. The van der Waals surface area contributed by atoms with Crippen LogP contribution in [0, 0.1) is 0 Å². The topological polar surface area (TPSA) is 26.1 Å². The van der Waals surface area contributed by atoms with Gasteiger partial charge in [0, 0.05) is 5.54 Å². The summed E-state index contributed by atoms with van der Waals surface area (Å²) in [6.45, 7) is 4.27. The molecule has 0 unspecified atom stereocenters. The van der Waals surface area contributed by atoms with Crippen LogP contribution in [0.5, 0.6) is 0 Å². The SMILES string of the molecule is C.C[N-]CCNC1(C)CC1.[Rb+]. The summed E-state index contributed by atoms with van der Waals surface area (Å²) in [6, 6.07) is 0. The van der Waals surface area contributed by atoms with Gasteiger partial charge in [0.05, 0.1) is 0 Å². The van der Waals surface area contributed by atoms with Crippen molar-refractivity contribution in [3.63, 3.8) is 0 Å². The van der Waals surface area contributed by atoms with Crippen LogP contribution in [0.4, 0.5) is 0 Å². The Labute approximate surface area is 120 Å². The molecule has 0 bridgehead atoms. The Balaban J connectivity index is 0. The summed E-state index contributed by atoms with van der Waals surface area (Å²) in [4.78, 5) is 0. The van der Waals surface area contributed by atoms with Crippen LogP contribution in [0.2, 0.25) is 0 Å². The van der Waals surface area contributed by atoms with E-state index in [1.54, 1.807) is 0 Å². The number of rotatable bonds is 4. The summed E-state index contributed by atoms with van der Waals surface area (Å²) >= 11 is 0. The molecule has 2 nitrogen and oxygen atoms in total. The molecule has 0 atom stereocenters. The van der Waals surface area contributed by atoms with Crippen molar-refractivity contribution in [3.05, 3.63) is 5.32 Å². The van der Waals surface area contributed by atoms with E-state index in [2.05, 4.69) is 17.6 Å². The maximum absolute atomic E-state index is 4.00. The third-order valence-corrected chi connectivity index (χ3v) is 1.89. The number of hydrogen-bond acceptors (Lipinski definition) is 1. The first-order chi connectivity index (χ1) is 4.27. The standard InChI is InChI=1S/C7H15N2.CH4.Rb/c1-7(3-4-7)9-6-5-8-2;;/h9H,3-6H2,1-2H3;1H4;/q-1;;+1. The van der Waals surface area contributed by atoms with Gasteiger partial charge >= 0.3 is 58.2 Å². The van der Waals surface area contributed by atoms with Gasteiger partial charge in [-0.25, -0.2) is 0 Å². The van der Waals surface area contributed by atoms with E-state index in [1.807, 2.05) is 7.05 Å². The van der Waals surface area contributed by atoms with Crippen LogP contribution in [0.1, 0.15) is 27.2 Å². The Bertz CT molecular complexity index is 92.1. The molecule has 0 heterocycles. The van der Waals surface area contributed by atoms with Crippen LogP contribution in [0.15, 0.2) is 0 Å². The predicted octanol–water partition coefficient (Wildman–Crippen LogP) is -1.23. The molecule has 1 fully saturated rings. The maximum atomic E-state index is 4.00. The zero-order chi connectivity index (χ0) is 6.74. The van der Waals surface area contributed by atoms with Gasteiger partial charge in [-0.1, -0.05) is 7.43 Å². The Morgan fingerprint density at radius 1 is 1.45 bits per heavy atom. The molecule has 0 radical (unpaired) electrons. The summed E-state index contributed by atoms with van der Waals surface area (Å²) in [5.41, 5.74) is 0.491. The minimum atomic E-state index is 0. The van der Waals surface area contributed by atoms with Crippen molar-refractivity contribution >= 4 is 0 Å². The quantitative estimate of drug-likeness (QED) is 0.600. The molecule has 0 amide bonds. The van der Waals surface area contributed by atoms with Gasteiger partial charge < -0.3 is 10.6 Å². The van der Waals surface area contributed by atoms with Crippen molar-refractivity contribution in [2.75, 3.05) is 20.1 Å². The van der Waals surface area contributed by atoms with Gasteiger partial charge in [0.15, 0.2) is 0 Å². The second-order valence-corrected chi connectivity index (χ2v) is 3.03. The van der Waals surface area contributed by atoms with Gasteiger partial charge in [-0.15, -0.1) is 6.54 Å². The van der Waals surface area contributed by atoms with Crippen LogP contribution in [0.25, 0.3) is 5.32 Å². The first-order valence-corrected chi connectivity index (χ1v) is 3.57. The molecule has 0 aliphatic heterocycles. The first kappa shape index (κ1) is 15.2. The van der Waals surface area contributed by atoms with Gasteiger partial charge in [-0.05, 0) is 26.3 Å². The van der Waals surface area contributed by atoms with E-state index in [9.17, 15) is 0 Å². The molecule has 0 aromatic carbocycles. The summed E-state index contributed by atoms with van der Waals surface area (Å²) in [5, 5.41) is 7.44. The number of nitrogens with zero attached hydrogens (tertiary/aromatic N) is 1. The fraction of sp³-hybridized carbons (Fsp3) is 1.00. The average Bonchev–Trinajstić information content (AvgIpc) is 2.50. The van der Waals surface area contributed by atoms with E-state index in [0.717, 1.165) is 13.1 Å². The minimum Gasteiger partial charge on any atom is -0.664 e. The Kier molecular flexibility index (Phi) is 9.90. The molecular formula is C8H19N2Rb. The first-order valence-electron chi connectivity index (χ1n) is 3.57. The van der Waals surface area contributed by atoms with E-state index < -0.39 is 0 Å². The van der Waals surface area contributed by atoms with Crippen molar-refractivity contribution in [1.82, 2.24) is 5.32 Å². The van der Waals surface area contributed by atoms with E-state index in [-0.39, 0.29) is 65.6 Å². The molecule has 1 aliphatic carbocycles. The molecule has 1 aliphatic rings. The Hall–Kier alpha value is 1.73. The number of nitrogens with one attached hydrogen (secondary N) is 1. The van der Waals surface area contributed by atoms with Crippen LogP contribution < -0.4 is 63.5 Å². The van der Waals surface area contributed by atoms with Gasteiger partial charge in [0.2, 0.25) is 0 Å². The summed E-state index contributed by atoms with van der Waals surface area (Å²) in [6.07, 6.45) is 2.69. The predicted molar refractivity (Wildman–Crippen MR) is 46.5 cm³/mol. The molecule has 62 valence electrons. The molecule has 1 N–H and O–H groups in total. The van der Waals surface area contributed by atoms with Gasteiger partial charge in [0.1, 0.15) is 0 Å². The fourth-order valence-electron chi connectivity index (χ4n) is 0.834. The average molecular weight is 229 g/mol. The van der Waals surface area contributed by atoms with Crippen LogP contribution in [-0.2, 0) is 0 Å². The molecular weight excluding hydrogens is 210 g/mol. The van der Waals surface area contributed by atoms with Crippen molar-refractivity contribution in [2.45, 2.75) is 32.7 Å². The van der Waals surface area contributed by atoms with Crippen LogP contribution >= 0.6 is 0 Å². The third kappa shape index (κ3) is 6.85. The molecule has 11 heavy (non-hydrogen) atoms. The molecule has 0 saturated heterocycles. The van der Waals surface area contributed by atoms with E-state index in [0.29, 0.717) is 5.54 Å². The molecule has 0 spiro atoms. The zero-order valence-electron chi connectivity index (χ0n) is 7.28. The minimum absolute atomic E-state index is 0. The normalized spacial score (nSPS) is 18.0. The molecule has 1 rings (SSSR count). The largest absolute Gasteiger partial charge is 1.00 e. The molecule has 3 heteroatoms. The van der Waals surface area contributed by atoms with Crippen molar-refractivity contribution in [2.24, 2.45) is 0 Å². The number of likely N-dealkylation sites (N-methyl/N-ethyl adjacent to an activating group) is 1. The zero-order valence-corrected chi connectivity index (χ0v) is 12.2. The summed E-state index contributed by atoms with van der Waals surface area (Å²) in [7, 11) is 1.86. The van der Waals surface area contributed by atoms with Gasteiger partial charge in [0.25, 0.3) is 0 Å². The maximum Gasteiger partial charge on any atom is 1.00 e. The van der Waals surface area contributed by atoms with Gasteiger partial charge in [-0.3, -0.25) is 0 Å². The van der Waals surface area contributed by atoms with E-state index in [4.69, 9.17) is 0 Å². The van der Waals surface area contributed by atoms with Crippen molar-refractivity contribution < 1.29 is 58.2 Å².